The third-order valence-corrected chi connectivity index (χ3v) is 7.77. The molecule has 1 atom stereocenters. The standard InChI is InChI=1S/C25H25F4N3O2S/c1-24(2,3)14-32-13-21(23(25(27,28)29)31-35(33,34)18-6-7-18)20-8-4-15(11-22(20)32)19-9-5-17(26)10-16(19)12-30/h4-5,8-11,13,18,23,31H,6-7,14H2,1-3H3/t23-/m0/s1. The molecule has 1 N–H and O–H groups in total. The van der Waals surface area contributed by atoms with E-state index in [9.17, 15) is 31.2 Å². The Balaban J connectivity index is 1.91. The largest absolute Gasteiger partial charge is 0.408 e. The van der Waals surface area contributed by atoms with Crippen molar-refractivity contribution in [2.24, 2.45) is 5.41 Å². The summed E-state index contributed by atoms with van der Waals surface area (Å²) >= 11 is 0. The van der Waals surface area contributed by atoms with Gasteiger partial charge in [-0.05, 0) is 47.6 Å². The highest BCUT2D eigenvalue weighted by Crippen LogP contribution is 2.41. The molecule has 186 valence electrons. The molecule has 1 aromatic heterocycles. The van der Waals surface area contributed by atoms with E-state index >= 15 is 0 Å². The summed E-state index contributed by atoms with van der Waals surface area (Å²) in [6.07, 6.45) is -2.82. The van der Waals surface area contributed by atoms with Crippen molar-refractivity contribution in [2.75, 3.05) is 0 Å². The Morgan fingerprint density at radius 2 is 1.83 bits per heavy atom. The number of alkyl halides is 3. The van der Waals surface area contributed by atoms with Gasteiger partial charge >= 0.3 is 6.18 Å². The van der Waals surface area contributed by atoms with E-state index in [2.05, 4.69) is 0 Å². The SMILES string of the molecule is CC(C)(C)Cn1cc([C@H](NS(=O)(=O)C2CC2)C(F)(F)F)c2ccc(-c3ccc(F)cc3C#N)cc21. The summed E-state index contributed by atoms with van der Waals surface area (Å²) in [6, 6.07) is 8.03. The number of nitrogens with one attached hydrogen (secondary N) is 1. The van der Waals surface area contributed by atoms with E-state index in [1.54, 1.807) is 16.7 Å². The van der Waals surface area contributed by atoms with Gasteiger partial charge in [-0.1, -0.05) is 39.0 Å². The molecule has 4 rings (SSSR count). The number of nitriles is 1. The molecule has 3 aromatic rings. The number of halogens is 4. The molecule has 0 radical (unpaired) electrons. The smallest absolute Gasteiger partial charge is 0.347 e. The molecule has 35 heavy (non-hydrogen) atoms. The Morgan fingerprint density at radius 3 is 2.40 bits per heavy atom. The molecular formula is C25H25F4N3O2S. The van der Waals surface area contributed by atoms with E-state index in [-0.39, 0.29) is 21.9 Å². The molecule has 2 aromatic carbocycles. The molecule has 10 heteroatoms. The first-order valence-corrected chi connectivity index (χ1v) is 12.6. The van der Waals surface area contributed by atoms with Crippen LogP contribution < -0.4 is 4.72 Å². The van der Waals surface area contributed by atoms with Gasteiger partial charge in [-0.15, -0.1) is 0 Å². The first kappa shape index (κ1) is 25.2. The quantitative estimate of drug-likeness (QED) is 0.413. The molecule has 1 fully saturated rings. The Morgan fingerprint density at radius 1 is 1.14 bits per heavy atom. The van der Waals surface area contributed by atoms with Crippen LogP contribution in [0.2, 0.25) is 0 Å². The minimum atomic E-state index is -4.85. The van der Waals surface area contributed by atoms with Crippen LogP contribution in [0.25, 0.3) is 22.0 Å². The topological polar surface area (TPSA) is 74.9 Å². The first-order valence-electron chi connectivity index (χ1n) is 11.1. The lowest BCUT2D eigenvalue weighted by Crippen LogP contribution is -2.39. The van der Waals surface area contributed by atoms with Crippen molar-refractivity contribution in [1.29, 1.82) is 5.26 Å². The lowest BCUT2D eigenvalue weighted by Gasteiger charge is -2.22. The summed E-state index contributed by atoms with van der Waals surface area (Å²) in [4.78, 5) is 0. The van der Waals surface area contributed by atoms with Gasteiger partial charge in [0.25, 0.3) is 0 Å². The number of aromatic nitrogens is 1. The second-order valence-corrected chi connectivity index (χ2v) is 12.1. The highest BCUT2D eigenvalue weighted by Gasteiger charge is 2.47. The second-order valence-electron chi connectivity index (χ2n) is 10.1. The van der Waals surface area contributed by atoms with Crippen molar-refractivity contribution in [2.45, 2.75) is 57.6 Å². The Bertz CT molecular complexity index is 1430. The summed E-state index contributed by atoms with van der Waals surface area (Å²) in [5, 5.41) is 8.89. The predicted molar refractivity (Wildman–Crippen MR) is 125 cm³/mol. The van der Waals surface area contributed by atoms with Gasteiger partial charge in [-0.3, -0.25) is 0 Å². The van der Waals surface area contributed by atoms with Gasteiger partial charge in [0.2, 0.25) is 10.0 Å². The molecule has 0 amide bonds. The van der Waals surface area contributed by atoms with Crippen LogP contribution in [-0.2, 0) is 16.6 Å². The monoisotopic (exact) mass is 507 g/mol. The fourth-order valence-electron chi connectivity index (χ4n) is 4.17. The van der Waals surface area contributed by atoms with E-state index in [1.807, 2.05) is 31.6 Å². The number of hydrogen-bond donors (Lipinski definition) is 1. The van der Waals surface area contributed by atoms with Gasteiger partial charge < -0.3 is 4.57 Å². The van der Waals surface area contributed by atoms with Crippen LogP contribution in [-0.4, -0.2) is 24.4 Å². The average Bonchev–Trinajstić information content (AvgIpc) is 3.55. The van der Waals surface area contributed by atoms with Crippen LogP contribution >= 0.6 is 0 Å². The molecule has 0 aliphatic heterocycles. The third-order valence-electron chi connectivity index (χ3n) is 5.85. The van der Waals surface area contributed by atoms with Crippen LogP contribution in [0.15, 0.2) is 42.6 Å². The molecule has 5 nitrogen and oxygen atoms in total. The van der Waals surface area contributed by atoms with Gasteiger partial charge in [-0.25, -0.2) is 12.8 Å². The summed E-state index contributed by atoms with van der Waals surface area (Å²) < 4.78 is 84.6. The lowest BCUT2D eigenvalue weighted by atomic mass is 9.96. The molecule has 1 heterocycles. The van der Waals surface area contributed by atoms with Crippen molar-refractivity contribution in [3.05, 3.63) is 59.5 Å². The predicted octanol–water partition coefficient (Wildman–Crippen LogP) is 6.05. The van der Waals surface area contributed by atoms with Crippen LogP contribution in [0.3, 0.4) is 0 Å². The average molecular weight is 508 g/mol. The molecule has 0 unspecified atom stereocenters. The Labute approximate surface area is 201 Å². The van der Waals surface area contributed by atoms with E-state index in [0.717, 1.165) is 6.07 Å². The molecule has 1 saturated carbocycles. The minimum absolute atomic E-state index is 0.101. The zero-order chi connectivity index (χ0) is 25.8. The van der Waals surface area contributed by atoms with Crippen molar-refractivity contribution in [1.82, 2.24) is 9.29 Å². The normalized spacial score (nSPS) is 15.8. The van der Waals surface area contributed by atoms with Gasteiger partial charge in [0, 0.05) is 29.2 Å². The third kappa shape index (κ3) is 5.36. The number of fused-ring (bicyclic) bond motifs is 1. The highest BCUT2D eigenvalue weighted by atomic mass is 32.2. The lowest BCUT2D eigenvalue weighted by molar-refractivity contribution is -0.152. The van der Waals surface area contributed by atoms with Gasteiger partial charge in [0.1, 0.15) is 11.9 Å². The van der Waals surface area contributed by atoms with Gasteiger partial charge in [0.15, 0.2) is 0 Å². The number of rotatable bonds is 6. The van der Waals surface area contributed by atoms with E-state index in [4.69, 9.17) is 0 Å². The van der Waals surface area contributed by atoms with Crippen LogP contribution in [0.4, 0.5) is 17.6 Å². The number of benzene rings is 2. The Hall–Kier alpha value is -2.90. The zero-order valence-electron chi connectivity index (χ0n) is 19.4. The molecule has 1 aliphatic rings. The number of hydrogen-bond acceptors (Lipinski definition) is 3. The van der Waals surface area contributed by atoms with Gasteiger partial charge in [-0.2, -0.15) is 23.2 Å². The van der Waals surface area contributed by atoms with E-state index in [0.29, 0.717) is 36.0 Å². The van der Waals surface area contributed by atoms with Crippen LogP contribution in [0.1, 0.15) is 50.8 Å². The van der Waals surface area contributed by atoms with Crippen LogP contribution in [0.5, 0.6) is 0 Å². The summed E-state index contributed by atoms with van der Waals surface area (Å²) in [6.45, 7) is 6.18. The fourth-order valence-corrected chi connectivity index (χ4v) is 5.70. The summed E-state index contributed by atoms with van der Waals surface area (Å²) in [5.74, 6) is -0.569. The van der Waals surface area contributed by atoms with Crippen molar-refractivity contribution >= 4 is 20.9 Å². The maximum absolute atomic E-state index is 14.2. The molecule has 0 spiro atoms. The highest BCUT2D eigenvalue weighted by molar-refractivity contribution is 7.90. The zero-order valence-corrected chi connectivity index (χ0v) is 20.3. The van der Waals surface area contributed by atoms with Crippen molar-refractivity contribution < 1.29 is 26.0 Å². The summed E-state index contributed by atoms with van der Waals surface area (Å²) in [5.41, 5.74) is 1.06. The first-order chi connectivity index (χ1) is 16.2. The Kier molecular flexibility index (Phi) is 6.22. The number of sulfonamides is 1. The molecule has 1 aliphatic carbocycles. The van der Waals surface area contributed by atoms with Crippen LogP contribution in [0, 0.1) is 22.6 Å². The maximum Gasteiger partial charge on any atom is 0.408 e. The second kappa shape index (κ2) is 8.64. The van der Waals surface area contributed by atoms with Crippen molar-refractivity contribution in [3.63, 3.8) is 0 Å². The number of nitrogens with zero attached hydrogens (tertiary/aromatic N) is 2. The molecule has 0 bridgehead atoms. The molecule has 0 saturated heterocycles. The fraction of sp³-hybridized carbons (Fsp3) is 0.400. The van der Waals surface area contributed by atoms with Crippen molar-refractivity contribution in [3.8, 4) is 17.2 Å². The summed E-state index contributed by atoms with van der Waals surface area (Å²) in [7, 11) is -4.13. The minimum Gasteiger partial charge on any atom is -0.347 e. The maximum atomic E-state index is 14.2. The van der Waals surface area contributed by atoms with Gasteiger partial charge in [0.05, 0.1) is 16.9 Å². The van der Waals surface area contributed by atoms with E-state index in [1.165, 1.54) is 24.4 Å². The molecular weight excluding hydrogens is 482 g/mol. The van der Waals surface area contributed by atoms with E-state index < -0.39 is 33.3 Å².